The van der Waals surface area contributed by atoms with E-state index in [1.807, 2.05) is 64.9 Å². The van der Waals surface area contributed by atoms with Gasteiger partial charge in [-0.05, 0) is 84.9 Å². The minimum atomic E-state index is -2.66. The molecule has 1 aliphatic carbocycles. The number of carbonyl (C=O) groups excluding carboxylic acids is 3. The number of anilines is 1. The van der Waals surface area contributed by atoms with E-state index in [1.54, 1.807) is 4.90 Å². The first kappa shape index (κ1) is 36.2. The predicted molar refractivity (Wildman–Crippen MR) is 195 cm³/mol. The summed E-state index contributed by atoms with van der Waals surface area (Å²) in [5.74, 6) is -0.246. The molecule has 1 saturated carbocycles. The SMILES string of the molecule is C=CC(=O)N1CCCC2(CC(n3c(NC(=O)c4ccc(C(F)F)s4)nc4cc(CN(C(=O)OCc5ccccc5)[C@@H](C)C(C)(C)C)ccc43)C2)C1. The average Bonchev–Trinajstić information content (AvgIpc) is 3.73. The quantitative estimate of drug-likeness (QED) is 0.165. The summed E-state index contributed by atoms with van der Waals surface area (Å²) in [7, 11) is 0. The first-order valence-corrected chi connectivity index (χ1v) is 18.2. The molecule has 1 spiro atoms. The average molecular weight is 718 g/mol. The van der Waals surface area contributed by atoms with Gasteiger partial charge in [-0.1, -0.05) is 63.7 Å². The van der Waals surface area contributed by atoms with Crippen molar-refractivity contribution in [3.8, 4) is 0 Å². The zero-order valence-electron chi connectivity index (χ0n) is 29.5. The number of likely N-dealkylation sites (tertiary alicyclic amines) is 1. The normalized spacial score (nSPS) is 19.5. The van der Waals surface area contributed by atoms with E-state index in [4.69, 9.17) is 9.72 Å². The van der Waals surface area contributed by atoms with Crippen LogP contribution in [0.3, 0.4) is 0 Å². The number of fused-ring (bicyclic) bond motifs is 1. The highest BCUT2D eigenvalue weighted by molar-refractivity contribution is 7.14. The van der Waals surface area contributed by atoms with Crippen molar-refractivity contribution in [2.24, 2.45) is 10.8 Å². The van der Waals surface area contributed by atoms with Crippen LogP contribution >= 0.6 is 11.3 Å². The van der Waals surface area contributed by atoms with Gasteiger partial charge in [-0.25, -0.2) is 18.6 Å². The molecule has 0 unspecified atom stereocenters. The van der Waals surface area contributed by atoms with E-state index in [-0.39, 0.29) is 51.7 Å². The Morgan fingerprint density at radius 1 is 1.12 bits per heavy atom. The Morgan fingerprint density at radius 3 is 2.53 bits per heavy atom. The van der Waals surface area contributed by atoms with E-state index in [0.717, 1.165) is 53.7 Å². The fourth-order valence-corrected chi connectivity index (χ4v) is 8.02. The number of aromatic nitrogens is 2. The third-order valence-electron chi connectivity index (χ3n) is 10.4. The number of hydrogen-bond acceptors (Lipinski definition) is 6. The van der Waals surface area contributed by atoms with Crippen LogP contribution in [-0.2, 0) is 22.7 Å². The van der Waals surface area contributed by atoms with Crippen LogP contribution in [0.4, 0.5) is 19.5 Å². The number of rotatable bonds is 10. The lowest BCUT2D eigenvalue weighted by atomic mass is 9.61. The van der Waals surface area contributed by atoms with Crippen molar-refractivity contribution >= 4 is 46.2 Å². The van der Waals surface area contributed by atoms with E-state index in [1.165, 1.54) is 18.2 Å². The molecule has 0 radical (unpaired) electrons. The lowest BCUT2D eigenvalue weighted by Gasteiger charge is -2.53. The largest absolute Gasteiger partial charge is 0.445 e. The summed E-state index contributed by atoms with van der Waals surface area (Å²) in [5.41, 5.74) is 2.92. The number of piperidine rings is 1. The molecule has 51 heavy (non-hydrogen) atoms. The minimum absolute atomic E-state index is 0.000250. The smallest absolute Gasteiger partial charge is 0.410 e. The molecular weight excluding hydrogens is 673 g/mol. The van der Waals surface area contributed by atoms with E-state index in [2.05, 4.69) is 32.7 Å². The second-order valence-corrected chi connectivity index (χ2v) is 16.0. The Morgan fingerprint density at radius 2 is 1.86 bits per heavy atom. The molecule has 9 nitrogen and oxygen atoms in total. The molecule has 270 valence electrons. The zero-order chi connectivity index (χ0) is 36.5. The molecule has 1 atom stereocenters. The Labute approximate surface area is 301 Å². The second-order valence-electron chi connectivity index (χ2n) is 14.9. The Bertz CT molecular complexity index is 1910. The molecular formula is C39H45F2N5O4S. The molecule has 2 fully saturated rings. The lowest BCUT2D eigenvalue weighted by molar-refractivity contribution is -0.132. The summed E-state index contributed by atoms with van der Waals surface area (Å²) < 4.78 is 34.4. The van der Waals surface area contributed by atoms with Crippen molar-refractivity contribution in [3.05, 3.63) is 94.2 Å². The third kappa shape index (κ3) is 7.85. The van der Waals surface area contributed by atoms with Gasteiger partial charge >= 0.3 is 6.09 Å². The molecule has 3 heterocycles. The van der Waals surface area contributed by atoms with Crippen molar-refractivity contribution in [3.63, 3.8) is 0 Å². The molecule has 1 N–H and O–H groups in total. The number of carbonyl (C=O) groups is 3. The number of nitrogens with one attached hydrogen (secondary N) is 1. The highest BCUT2D eigenvalue weighted by Crippen LogP contribution is 2.55. The van der Waals surface area contributed by atoms with Gasteiger partial charge in [-0.2, -0.15) is 0 Å². The summed E-state index contributed by atoms with van der Waals surface area (Å²) in [5, 5.41) is 2.91. The van der Waals surface area contributed by atoms with Crippen LogP contribution in [0.15, 0.2) is 73.3 Å². The van der Waals surface area contributed by atoms with Crippen LogP contribution in [0.5, 0.6) is 0 Å². The summed E-state index contributed by atoms with van der Waals surface area (Å²) in [6.07, 6.45) is 1.77. The number of nitrogens with zero attached hydrogens (tertiary/aromatic N) is 4. The maximum atomic E-state index is 13.6. The van der Waals surface area contributed by atoms with Crippen LogP contribution < -0.4 is 5.32 Å². The summed E-state index contributed by atoms with van der Waals surface area (Å²) in [4.78, 5) is 47.8. The van der Waals surface area contributed by atoms with Gasteiger partial charge < -0.3 is 19.1 Å². The van der Waals surface area contributed by atoms with Gasteiger partial charge in [0.2, 0.25) is 11.9 Å². The lowest BCUT2D eigenvalue weighted by Crippen LogP contribution is -2.52. The van der Waals surface area contributed by atoms with Crippen molar-refractivity contribution in [2.75, 3.05) is 18.4 Å². The Balaban J connectivity index is 1.29. The van der Waals surface area contributed by atoms with Gasteiger partial charge in [0, 0.05) is 31.7 Å². The molecule has 4 aromatic rings. The number of benzene rings is 2. The molecule has 1 saturated heterocycles. The first-order chi connectivity index (χ1) is 24.3. The fraction of sp³-hybridized carbons (Fsp3) is 0.436. The van der Waals surface area contributed by atoms with Gasteiger partial charge in [-0.15, -0.1) is 11.3 Å². The molecule has 0 bridgehead atoms. The van der Waals surface area contributed by atoms with E-state index >= 15 is 0 Å². The van der Waals surface area contributed by atoms with Crippen LogP contribution in [0, 0.1) is 10.8 Å². The highest BCUT2D eigenvalue weighted by atomic mass is 32.1. The van der Waals surface area contributed by atoms with Gasteiger partial charge in [0.15, 0.2) is 0 Å². The summed E-state index contributed by atoms with van der Waals surface area (Å²) in [6, 6.07) is 17.9. The van der Waals surface area contributed by atoms with Crippen LogP contribution in [0.2, 0.25) is 0 Å². The zero-order valence-corrected chi connectivity index (χ0v) is 30.3. The topological polar surface area (TPSA) is 96.8 Å². The number of imidazole rings is 1. The Hall–Kier alpha value is -4.58. The molecule has 6 rings (SSSR count). The van der Waals surface area contributed by atoms with Gasteiger partial charge in [-0.3, -0.25) is 14.9 Å². The minimum Gasteiger partial charge on any atom is -0.445 e. The fourth-order valence-electron chi connectivity index (χ4n) is 7.26. The molecule has 2 aromatic carbocycles. The van der Waals surface area contributed by atoms with Crippen LogP contribution in [0.1, 0.15) is 91.5 Å². The first-order valence-electron chi connectivity index (χ1n) is 17.4. The number of amides is 3. The number of ether oxygens (including phenoxy) is 1. The predicted octanol–water partition coefficient (Wildman–Crippen LogP) is 8.99. The summed E-state index contributed by atoms with van der Waals surface area (Å²) >= 11 is 0.757. The van der Waals surface area contributed by atoms with E-state index in [0.29, 0.717) is 24.6 Å². The standard InChI is InChI=1S/C39H45F2N5O4S/c1-6-33(47)44-18-10-17-39(24-44)20-28(21-39)46-30-14-13-27(19-29(30)42-36(46)43-35(48)32-16-15-31(51-32)34(40)41)22-45(25(2)38(3,4)5)37(49)50-23-26-11-8-7-9-12-26/h6-9,11-16,19,25,28,34H,1,10,17-18,20-24H2,2-5H3,(H,42,43,48)/t25-,28?,39?/m0/s1. The molecule has 12 heteroatoms. The van der Waals surface area contributed by atoms with E-state index in [9.17, 15) is 23.2 Å². The number of alkyl halides is 2. The van der Waals surface area contributed by atoms with Gasteiger partial charge in [0.05, 0.1) is 20.8 Å². The molecule has 1 aliphatic heterocycles. The van der Waals surface area contributed by atoms with Crippen molar-refractivity contribution < 1.29 is 27.9 Å². The number of halogens is 2. The number of thiophene rings is 1. The van der Waals surface area contributed by atoms with Crippen LogP contribution in [-0.4, -0.2) is 56.4 Å². The maximum Gasteiger partial charge on any atom is 0.410 e. The third-order valence-corrected chi connectivity index (χ3v) is 11.5. The van der Waals surface area contributed by atoms with Crippen LogP contribution in [0.25, 0.3) is 11.0 Å². The van der Waals surface area contributed by atoms with Crippen molar-refractivity contribution in [1.29, 1.82) is 0 Å². The Kier molecular flexibility index (Phi) is 10.3. The molecule has 2 aliphatic rings. The van der Waals surface area contributed by atoms with Crippen molar-refractivity contribution in [2.45, 2.75) is 85.0 Å². The monoisotopic (exact) mass is 717 g/mol. The second kappa shape index (κ2) is 14.6. The van der Waals surface area contributed by atoms with Gasteiger partial charge in [0.1, 0.15) is 6.61 Å². The maximum absolute atomic E-state index is 13.6. The van der Waals surface area contributed by atoms with Crippen molar-refractivity contribution in [1.82, 2.24) is 19.4 Å². The highest BCUT2D eigenvalue weighted by Gasteiger charge is 2.49. The molecule has 3 amide bonds. The van der Waals surface area contributed by atoms with Gasteiger partial charge in [0.25, 0.3) is 12.3 Å². The van der Waals surface area contributed by atoms with E-state index < -0.39 is 18.4 Å². The summed E-state index contributed by atoms with van der Waals surface area (Å²) in [6.45, 7) is 13.7. The molecule has 2 aromatic heterocycles. The number of hydrogen-bond donors (Lipinski definition) is 1.